The third-order valence-electron chi connectivity index (χ3n) is 2.64. The third-order valence-corrected chi connectivity index (χ3v) is 2.64. The molecule has 1 heterocycles. The van der Waals surface area contributed by atoms with E-state index in [0.29, 0.717) is 0 Å². The summed E-state index contributed by atoms with van der Waals surface area (Å²) in [5.74, 6) is -0.252. The molecule has 0 aliphatic carbocycles. The molecule has 0 bridgehead atoms. The van der Waals surface area contributed by atoms with Crippen molar-refractivity contribution in [3.8, 4) is 0 Å². The predicted molar refractivity (Wildman–Crippen MR) is 63.2 cm³/mol. The number of anilines is 1. The van der Waals surface area contributed by atoms with Gasteiger partial charge in [-0.05, 0) is 24.6 Å². The molecule has 2 rings (SSSR count). The molecule has 2 atom stereocenters. The van der Waals surface area contributed by atoms with Crippen LogP contribution in [0.25, 0.3) is 0 Å². The summed E-state index contributed by atoms with van der Waals surface area (Å²) in [6.07, 6.45) is 4.04. The second-order valence-electron chi connectivity index (χ2n) is 3.79. The number of benzene rings is 1. The summed E-state index contributed by atoms with van der Waals surface area (Å²) in [6, 6.07) is 10.1. The van der Waals surface area contributed by atoms with Crippen molar-refractivity contribution in [2.45, 2.75) is 25.5 Å². The summed E-state index contributed by atoms with van der Waals surface area (Å²) < 4.78 is 5.17. The highest BCUT2D eigenvalue weighted by atomic mass is 16.5. The Balaban J connectivity index is 2.01. The van der Waals surface area contributed by atoms with Crippen molar-refractivity contribution < 1.29 is 9.53 Å². The van der Waals surface area contributed by atoms with Crippen molar-refractivity contribution in [2.75, 3.05) is 5.32 Å². The van der Waals surface area contributed by atoms with Crippen LogP contribution in [-0.2, 0) is 9.53 Å². The molecule has 0 saturated heterocycles. The fraction of sp³-hybridized carbons (Fsp3) is 0.308. The smallest absolute Gasteiger partial charge is 0.331 e. The van der Waals surface area contributed by atoms with Crippen LogP contribution >= 0.6 is 0 Å². The number of hydrogen-bond acceptors (Lipinski definition) is 3. The van der Waals surface area contributed by atoms with Gasteiger partial charge in [0.1, 0.15) is 6.10 Å². The molecule has 0 unspecified atom stereocenters. The largest absolute Gasteiger partial charge is 0.453 e. The second kappa shape index (κ2) is 4.84. The highest BCUT2D eigenvalue weighted by Crippen LogP contribution is 2.17. The maximum absolute atomic E-state index is 11.0. The van der Waals surface area contributed by atoms with Gasteiger partial charge in [0.25, 0.3) is 0 Å². The molecule has 84 valence electrons. The lowest BCUT2D eigenvalue weighted by Gasteiger charge is -2.22. The van der Waals surface area contributed by atoms with E-state index in [1.807, 2.05) is 36.4 Å². The minimum absolute atomic E-state index is 0.130. The van der Waals surface area contributed by atoms with Gasteiger partial charge in [-0.15, -0.1) is 0 Å². The molecule has 1 aromatic rings. The molecule has 1 N–H and O–H groups in total. The lowest BCUT2D eigenvalue weighted by molar-refractivity contribution is -0.139. The number of ether oxygens (including phenoxy) is 1. The minimum atomic E-state index is -0.252. The van der Waals surface area contributed by atoms with Crippen LogP contribution in [0, 0.1) is 0 Å². The zero-order chi connectivity index (χ0) is 11.4. The zero-order valence-electron chi connectivity index (χ0n) is 9.22. The Hall–Kier alpha value is -1.77. The maximum atomic E-state index is 11.0. The Morgan fingerprint density at radius 2 is 2.12 bits per heavy atom. The number of carbonyl (C=O) groups excluding carboxylic acids is 1. The van der Waals surface area contributed by atoms with Crippen LogP contribution in [0.2, 0.25) is 0 Å². The molecular weight excluding hydrogens is 202 g/mol. The fourth-order valence-electron chi connectivity index (χ4n) is 1.77. The molecule has 0 radical (unpaired) electrons. The molecule has 16 heavy (non-hydrogen) atoms. The first-order valence-electron chi connectivity index (χ1n) is 5.50. The molecule has 1 aliphatic rings. The van der Waals surface area contributed by atoms with E-state index in [-0.39, 0.29) is 18.1 Å². The first-order valence-corrected chi connectivity index (χ1v) is 5.50. The molecule has 1 aromatic carbocycles. The van der Waals surface area contributed by atoms with Gasteiger partial charge in [-0.1, -0.05) is 25.1 Å². The van der Waals surface area contributed by atoms with Crippen LogP contribution < -0.4 is 5.32 Å². The van der Waals surface area contributed by atoms with Gasteiger partial charge in [0.15, 0.2) is 0 Å². The standard InChI is InChI=1S/C13H15NO2/c1-2-11(12-8-9-13(15)16-12)14-10-6-4-3-5-7-10/h3-9,11-12,14H,2H2,1H3/t11-,12+/m1/s1. The first-order chi connectivity index (χ1) is 7.79. The zero-order valence-corrected chi connectivity index (χ0v) is 9.22. The van der Waals surface area contributed by atoms with E-state index in [4.69, 9.17) is 4.74 Å². The summed E-state index contributed by atoms with van der Waals surface area (Å²) in [7, 11) is 0. The van der Waals surface area contributed by atoms with Gasteiger partial charge in [-0.3, -0.25) is 0 Å². The van der Waals surface area contributed by atoms with Crippen LogP contribution in [0.15, 0.2) is 42.5 Å². The summed E-state index contributed by atoms with van der Waals surface area (Å²) in [4.78, 5) is 11.0. The van der Waals surface area contributed by atoms with Crippen molar-refractivity contribution in [1.29, 1.82) is 0 Å². The van der Waals surface area contributed by atoms with Gasteiger partial charge in [0, 0.05) is 11.8 Å². The Labute approximate surface area is 95.1 Å². The van der Waals surface area contributed by atoms with Gasteiger partial charge < -0.3 is 10.1 Å². The van der Waals surface area contributed by atoms with Crippen LogP contribution in [0.3, 0.4) is 0 Å². The molecule has 0 amide bonds. The quantitative estimate of drug-likeness (QED) is 0.787. The Morgan fingerprint density at radius 3 is 2.69 bits per heavy atom. The SMILES string of the molecule is CC[C@@H](Nc1ccccc1)[C@@H]1C=CC(=O)O1. The number of cyclic esters (lactones) is 1. The predicted octanol–water partition coefficient (Wildman–Crippen LogP) is 2.36. The first kappa shape index (κ1) is 10.7. The number of esters is 1. The number of para-hydroxylation sites is 1. The average Bonchev–Trinajstić information content (AvgIpc) is 2.74. The molecule has 1 aliphatic heterocycles. The highest BCUT2D eigenvalue weighted by molar-refractivity contribution is 5.84. The molecule has 0 saturated carbocycles. The lowest BCUT2D eigenvalue weighted by atomic mass is 10.1. The Bertz CT molecular complexity index is 386. The summed E-state index contributed by atoms with van der Waals surface area (Å²) in [5.41, 5.74) is 1.05. The molecular formula is C13H15NO2. The molecule has 3 heteroatoms. The average molecular weight is 217 g/mol. The van der Waals surface area contributed by atoms with Crippen molar-refractivity contribution >= 4 is 11.7 Å². The van der Waals surface area contributed by atoms with E-state index in [1.165, 1.54) is 6.08 Å². The van der Waals surface area contributed by atoms with Crippen molar-refractivity contribution in [1.82, 2.24) is 0 Å². The van der Waals surface area contributed by atoms with E-state index in [0.717, 1.165) is 12.1 Å². The molecule has 0 spiro atoms. The number of hydrogen-bond donors (Lipinski definition) is 1. The van der Waals surface area contributed by atoms with Crippen molar-refractivity contribution in [3.05, 3.63) is 42.5 Å². The second-order valence-corrected chi connectivity index (χ2v) is 3.79. The summed E-state index contributed by atoms with van der Waals surface area (Å²) in [6.45, 7) is 2.07. The molecule has 0 aromatic heterocycles. The Kier molecular flexibility index (Phi) is 3.25. The van der Waals surface area contributed by atoms with Crippen molar-refractivity contribution in [2.24, 2.45) is 0 Å². The number of carbonyl (C=O) groups is 1. The van der Waals surface area contributed by atoms with Crippen LogP contribution in [-0.4, -0.2) is 18.1 Å². The number of nitrogens with one attached hydrogen (secondary N) is 1. The fourth-order valence-corrected chi connectivity index (χ4v) is 1.77. The van der Waals surface area contributed by atoms with Crippen LogP contribution in [0.5, 0.6) is 0 Å². The third kappa shape index (κ3) is 2.42. The van der Waals surface area contributed by atoms with Gasteiger partial charge in [0.2, 0.25) is 0 Å². The van der Waals surface area contributed by atoms with Gasteiger partial charge in [-0.25, -0.2) is 4.79 Å². The summed E-state index contributed by atoms with van der Waals surface area (Å²) in [5, 5.41) is 3.36. The minimum Gasteiger partial charge on any atom is -0.453 e. The van der Waals surface area contributed by atoms with E-state index < -0.39 is 0 Å². The van der Waals surface area contributed by atoms with Gasteiger partial charge in [-0.2, -0.15) is 0 Å². The van der Waals surface area contributed by atoms with E-state index >= 15 is 0 Å². The van der Waals surface area contributed by atoms with Crippen LogP contribution in [0.1, 0.15) is 13.3 Å². The lowest BCUT2D eigenvalue weighted by Crippen LogP contribution is -2.32. The van der Waals surface area contributed by atoms with E-state index in [9.17, 15) is 4.79 Å². The molecule has 0 fully saturated rings. The monoisotopic (exact) mass is 217 g/mol. The normalized spacial score (nSPS) is 20.6. The highest BCUT2D eigenvalue weighted by Gasteiger charge is 2.24. The van der Waals surface area contributed by atoms with Gasteiger partial charge >= 0.3 is 5.97 Å². The maximum Gasteiger partial charge on any atom is 0.331 e. The topological polar surface area (TPSA) is 38.3 Å². The molecule has 3 nitrogen and oxygen atoms in total. The van der Waals surface area contributed by atoms with Crippen molar-refractivity contribution in [3.63, 3.8) is 0 Å². The van der Waals surface area contributed by atoms with E-state index in [2.05, 4.69) is 12.2 Å². The number of rotatable bonds is 4. The Morgan fingerprint density at radius 1 is 1.38 bits per heavy atom. The van der Waals surface area contributed by atoms with Crippen LogP contribution in [0.4, 0.5) is 5.69 Å². The summed E-state index contributed by atoms with van der Waals surface area (Å²) >= 11 is 0. The van der Waals surface area contributed by atoms with E-state index in [1.54, 1.807) is 0 Å². The van der Waals surface area contributed by atoms with Gasteiger partial charge in [0.05, 0.1) is 6.04 Å².